The fourth-order valence-corrected chi connectivity index (χ4v) is 5.52. The Morgan fingerprint density at radius 1 is 1.26 bits per heavy atom. The highest BCUT2D eigenvalue weighted by Crippen LogP contribution is 2.39. The number of anilines is 3. The molecule has 3 aromatic heterocycles. The Morgan fingerprint density at radius 3 is 2.95 bits per heavy atom. The fourth-order valence-electron chi connectivity index (χ4n) is 4.96. The topological polar surface area (TPSA) is 131 Å². The van der Waals surface area contributed by atoms with E-state index in [9.17, 15) is 9.59 Å². The summed E-state index contributed by atoms with van der Waals surface area (Å²) >= 11 is 1.47. The first-order chi connectivity index (χ1) is 18.8. The molecule has 2 atom stereocenters. The average molecular weight is 552 g/mol. The van der Waals surface area contributed by atoms with Gasteiger partial charge in [0.2, 0.25) is 0 Å². The van der Waals surface area contributed by atoms with Crippen LogP contribution in [0.3, 0.4) is 0 Å². The number of hydrogen-bond acceptors (Lipinski definition) is 10. The molecule has 2 bridgehead atoms. The molecule has 39 heavy (non-hydrogen) atoms. The number of carbonyl (C=O) groups is 2. The number of amides is 3. The highest BCUT2D eigenvalue weighted by atomic mass is 32.1. The lowest BCUT2D eigenvalue weighted by Crippen LogP contribution is -2.48. The molecule has 13 heteroatoms. The van der Waals surface area contributed by atoms with Gasteiger partial charge in [-0.1, -0.05) is 0 Å². The van der Waals surface area contributed by atoms with Crippen molar-refractivity contribution in [3.8, 4) is 5.75 Å². The quantitative estimate of drug-likeness (QED) is 0.455. The van der Waals surface area contributed by atoms with Crippen molar-refractivity contribution in [1.82, 2.24) is 20.3 Å². The molecule has 0 radical (unpaired) electrons. The number of rotatable bonds is 7. The van der Waals surface area contributed by atoms with Gasteiger partial charge in [0.1, 0.15) is 30.0 Å². The highest BCUT2D eigenvalue weighted by Gasteiger charge is 2.40. The molecule has 0 aliphatic carbocycles. The van der Waals surface area contributed by atoms with E-state index in [0.717, 1.165) is 24.3 Å². The Balaban J connectivity index is 1.16. The van der Waals surface area contributed by atoms with Crippen molar-refractivity contribution in [2.24, 2.45) is 0 Å². The summed E-state index contributed by atoms with van der Waals surface area (Å²) in [5.74, 6) is 0.404. The Kier molecular flexibility index (Phi) is 6.79. The third-order valence-corrected chi connectivity index (χ3v) is 7.42. The van der Waals surface area contributed by atoms with Crippen molar-refractivity contribution >= 4 is 40.6 Å². The van der Waals surface area contributed by atoms with E-state index in [4.69, 9.17) is 14.2 Å². The SMILES string of the molecule is CC1(C)OCC(COc2ccnc(NC(=O)N3c4nc(C(=O)NCc5cscn5)ccc4N4CCC3C4)c2)O1. The molecule has 2 saturated heterocycles. The van der Waals surface area contributed by atoms with Gasteiger partial charge in [0, 0.05) is 30.7 Å². The number of carbonyl (C=O) groups excluding carboxylic acids is 2. The molecule has 3 aliphatic heterocycles. The van der Waals surface area contributed by atoms with Crippen LogP contribution in [0.4, 0.5) is 22.1 Å². The Hall–Kier alpha value is -3.81. The fraction of sp³-hybridized carbons (Fsp3) is 0.423. The molecule has 3 amide bonds. The van der Waals surface area contributed by atoms with Crippen LogP contribution in [-0.2, 0) is 16.0 Å². The van der Waals surface area contributed by atoms with E-state index in [1.54, 1.807) is 34.8 Å². The minimum Gasteiger partial charge on any atom is -0.491 e. The van der Waals surface area contributed by atoms with Gasteiger partial charge in [-0.3, -0.25) is 15.0 Å². The average Bonchev–Trinajstić information content (AvgIpc) is 3.67. The van der Waals surface area contributed by atoms with Crippen LogP contribution in [0.15, 0.2) is 41.4 Å². The normalized spacial score (nSPS) is 21.0. The van der Waals surface area contributed by atoms with Crippen molar-refractivity contribution in [3.05, 3.63) is 52.7 Å². The maximum Gasteiger partial charge on any atom is 0.329 e. The van der Waals surface area contributed by atoms with E-state index in [0.29, 0.717) is 43.7 Å². The zero-order valence-corrected chi connectivity index (χ0v) is 22.4. The maximum atomic E-state index is 13.6. The first kappa shape index (κ1) is 25.5. The van der Waals surface area contributed by atoms with Gasteiger partial charge in [-0.15, -0.1) is 11.3 Å². The molecule has 2 unspecified atom stereocenters. The minimum absolute atomic E-state index is 0.0689. The largest absolute Gasteiger partial charge is 0.491 e. The van der Waals surface area contributed by atoms with Crippen LogP contribution in [-0.4, -0.2) is 71.1 Å². The van der Waals surface area contributed by atoms with E-state index in [1.807, 2.05) is 25.3 Å². The summed E-state index contributed by atoms with van der Waals surface area (Å²) < 4.78 is 17.2. The van der Waals surface area contributed by atoms with Crippen molar-refractivity contribution in [3.63, 3.8) is 0 Å². The van der Waals surface area contributed by atoms with Crippen LogP contribution >= 0.6 is 11.3 Å². The monoisotopic (exact) mass is 551 g/mol. The van der Waals surface area contributed by atoms with Crippen LogP contribution < -0.4 is 25.2 Å². The van der Waals surface area contributed by atoms with Crippen LogP contribution in [0.2, 0.25) is 0 Å². The van der Waals surface area contributed by atoms with Gasteiger partial charge in [-0.05, 0) is 38.5 Å². The summed E-state index contributed by atoms with van der Waals surface area (Å²) in [6.45, 7) is 6.31. The lowest BCUT2D eigenvalue weighted by atomic mass is 10.1. The number of urea groups is 1. The molecule has 204 valence electrons. The number of fused-ring (bicyclic) bond motifs is 4. The minimum atomic E-state index is -0.623. The number of thiazole rings is 1. The highest BCUT2D eigenvalue weighted by molar-refractivity contribution is 7.07. The number of aromatic nitrogens is 3. The van der Waals surface area contributed by atoms with Crippen LogP contribution in [0.25, 0.3) is 0 Å². The maximum absolute atomic E-state index is 13.6. The Labute approximate surface area is 229 Å². The van der Waals surface area contributed by atoms with Gasteiger partial charge in [0.05, 0.1) is 36.1 Å². The zero-order valence-electron chi connectivity index (χ0n) is 21.6. The first-order valence-corrected chi connectivity index (χ1v) is 13.7. The molecule has 3 aliphatic rings. The lowest BCUT2D eigenvalue weighted by Gasteiger charge is -2.35. The second-order valence-corrected chi connectivity index (χ2v) is 10.7. The molecule has 2 fully saturated rings. The van der Waals surface area contributed by atoms with Gasteiger partial charge in [0.15, 0.2) is 11.6 Å². The van der Waals surface area contributed by atoms with Crippen LogP contribution in [0.1, 0.15) is 36.5 Å². The number of nitrogens with zero attached hydrogens (tertiary/aromatic N) is 5. The molecular weight excluding hydrogens is 522 g/mol. The van der Waals surface area contributed by atoms with Gasteiger partial charge < -0.3 is 24.4 Å². The van der Waals surface area contributed by atoms with Gasteiger partial charge in [0.25, 0.3) is 5.91 Å². The van der Waals surface area contributed by atoms with Crippen LogP contribution in [0.5, 0.6) is 5.75 Å². The summed E-state index contributed by atoms with van der Waals surface area (Å²) in [4.78, 5) is 43.3. The van der Waals surface area contributed by atoms with E-state index < -0.39 is 5.79 Å². The molecular formula is C26H29N7O5S. The predicted octanol–water partition coefficient (Wildman–Crippen LogP) is 3.02. The van der Waals surface area contributed by atoms with Gasteiger partial charge in [-0.2, -0.15) is 0 Å². The summed E-state index contributed by atoms with van der Waals surface area (Å²) in [5, 5.41) is 7.60. The summed E-state index contributed by atoms with van der Waals surface area (Å²) in [6, 6.07) is 6.49. The predicted molar refractivity (Wildman–Crippen MR) is 144 cm³/mol. The van der Waals surface area contributed by atoms with Crippen molar-refractivity contribution in [1.29, 1.82) is 0 Å². The second kappa shape index (κ2) is 10.4. The van der Waals surface area contributed by atoms with Crippen LogP contribution in [0, 0.1) is 0 Å². The summed E-state index contributed by atoms with van der Waals surface area (Å²) in [6.07, 6.45) is 2.19. The third kappa shape index (κ3) is 5.51. The van der Waals surface area contributed by atoms with Gasteiger partial charge >= 0.3 is 6.03 Å². The van der Waals surface area contributed by atoms with E-state index in [2.05, 4.69) is 30.5 Å². The summed E-state index contributed by atoms with van der Waals surface area (Å²) in [7, 11) is 0. The number of hydrogen-bond donors (Lipinski definition) is 2. The van der Waals surface area contributed by atoms with Crippen molar-refractivity contribution < 1.29 is 23.8 Å². The first-order valence-electron chi connectivity index (χ1n) is 12.8. The molecule has 2 N–H and O–H groups in total. The third-order valence-electron chi connectivity index (χ3n) is 6.79. The zero-order chi connectivity index (χ0) is 27.0. The molecule has 0 saturated carbocycles. The smallest absolute Gasteiger partial charge is 0.329 e. The number of ether oxygens (including phenoxy) is 3. The molecule has 3 aromatic rings. The van der Waals surface area contributed by atoms with E-state index in [1.165, 1.54) is 11.3 Å². The van der Waals surface area contributed by atoms with E-state index in [-0.39, 0.29) is 29.8 Å². The van der Waals surface area contributed by atoms with Gasteiger partial charge in [-0.25, -0.2) is 19.7 Å². The summed E-state index contributed by atoms with van der Waals surface area (Å²) in [5.41, 5.74) is 3.55. The second-order valence-electron chi connectivity index (χ2n) is 10.0. The molecule has 6 heterocycles. The number of nitrogens with one attached hydrogen (secondary N) is 2. The number of pyridine rings is 2. The molecule has 6 rings (SSSR count). The Morgan fingerprint density at radius 2 is 2.15 bits per heavy atom. The van der Waals surface area contributed by atoms with Crippen molar-refractivity contribution in [2.75, 3.05) is 41.4 Å². The van der Waals surface area contributed by atoms with Crippen molar-refractivity contribution in [2.45, 2.75) is 44.7 Å². The molecule has 0 aromatic carbocycles. The standard InChI is InChI=1S/C26H29N7O5S/c1-26(2)37-13-19(38-26)12-36-18-5-7-27-22(9-18)31-25(35)33-17-6-8-32(11-17)21-4-3-20(30-23(21)33)24(34)28-10-16-14-39-15-29-16/h3-5,7,9,14-15,17,19H,6,8,10-13H2,1-2H3,(H,28,34)(H,27,31,35). The Bertz CT molecular complexity index is 1370. The molecule has 0 spiro atoms. The molecule has 12 nitrogen and oxygen atoms in total. The van der Waals surface area contributed by atoms with E-state index >= 15 is 0 Å². The lowest BCUT2D eigenvalue weighted by molar-refractivity contribution is -0.141.